The molecule has 112 valence electrons. The maximum atomic E-state index is 12.2. The van der Waals surface area contributed by atoms with Crippen LogP contribution < -0.4 is 4.72 Å². The molecule has 0 atom stereocenters. The highest BCUT2D eigenvalue weighted by atomic mass is 32.2. The average molecular weight is 309 g/mol. The van der Waals surface area contributed by atoms with Gasteiger partial charge in [-0.05, 0) is 24.6 Å². The second kappa shape index (κ2) is 5.57. The second-order valence-corrected chi connectivity index (χ2v) is 6.17. The summed E-state index contributed by atoms with van der Waals surface area (Å²) in [5.74, 6) is -0.392. The lowest BCUT2D eigenvalue weighted by atomic mass is 10.3. The highest BCUT2D eigenvalue weighted by molar-refractivity contribution is 7.92. The monoisotopic (exact) mass is 309 g/mol. The molecule has 21 heavy (non-hydrogen) atoms. The summed E-state index contributed by atoms with van der Waals surface area (Å²) in [6.45, 7) is 1.85. The molecular weight excluding hydrogens is 294 g/mol. The van der Waals surface area contributed by atoms with Gasteiger partial charge in [0.1, 0.15) is 16.4 Å². The lowest BCUT2D eigenvalue weighted by Crippen LogP contribution is -2.13. The van der Waals surface area contributed by atoms with Crippen LogP contribution in [0.1, 0.15) is 16.1 Å². The number of sulfonamides is 1. The number of hydrogen-bond acceptors (Lipinski definition) is 5. The SMILES string of the molecule is COC(=O)c1cc(S(=O)(=O)Nc2ccc(C)cn2)cn1C. The molecule has 2 heterocycles. The third kappa shape index (κ3) is 3.22. The number of rotatable bonds is 4. The molecule has 2 aromatic heterocycles. The molecule has 0 spiro atoms. The number of carbonyl (C=O) groups excluding carboxylic acids is 1. The Labute approximate surface area is 122 Å². The molecule has 1 N–H and O–H groups in total. The third-order valence-electron chi connectivity index (χ3n) is 2.83. The van der Waals surface area contributed by atoms with Gasteiger partial charge in [0, 0.05) is 19.4 Å². The van der Waals surface area contributed by atoms with Crippen LogP contribution in [0.2, 0.25) is 0 Å². The zero-order valence-corrected chi connectivity index (χ0v) is 12.6. The topological polar surface area (TPSA) is 90.3 Å². The van der Waals surface area contributed by atoms with Gasteiger partial charge in [-0.2, -0.15) is 0 Å². The van der Waals surface area contributed by atoms with E-state index in [4.69, 9.17) is 0 Å². The Bertz CT molecular complexity index is 763. The Balaban J connectivity index is 2.31. The molecule has 0 saturated carbocycles. The van der Waals surface area contributed by atoms with E-state index in [1.165, 1.54) is 23.9 Å². The van der Waals surface area contributed by atoms with E-state index in [1.807, 2.05) is 6.92 Å². The Hall–Kier alpha value is -2.35. The van der Waals surface area contributed by atoms with Gasteiger partial charge in [-0.3, -0.25) is 4.72 Å². The van der Waals surface area contributed by atoms with E-state index in [2.05, 4.69) is 14.4 Å². The smallest absolute Gasteiger partial charge is 0.354 e. The Morgan fingerprint density at radius 2 is 2.10 bits per heavy atom. The minimum absolute atomic E-state index is 0.0345. The van der Waals surface area contributed by atoms with Crippen LogP contribution in [0.4, 0.5) is 5.82 Å². The molecule has 0 bridgehead atoms. The van der Waals surface area contributed by atoms with Gasteiger partial charge in [-0.15, -0.1) is 0 Å². The first-order valence-corrected chi connectivity index (χ1v) is 7.52. The van der Waals surface area contributed by atoms with Gasteiger partial charge >= 0.3 is 5.97 Å². The molecular formula is C13H15N3O4S. The molecule has 0 unspecified atom stereocenters. The maximum absolute atomic E-state index is 12.2. The Morgan fingerprint density at radius 3 is 2.67 bits per heavy atom. The van der Waals surface area contributed by atoms with Gasteiger partial charge in [0.15, 0.2) is 0 Å². The standard InChI is InChI=1S/C13H15N3O4S/c1-9-4-5-12(14-7-9)15-21(18,19)10-6-11(13(17)20-3)16(2)8-10/h4-8H,1-3H3,(H,14,15). The van der Waals surface area contributed by atoms with Gasteiger partial charge in [-0.25, -0.2) is 18.2 Å². The number of methoxy groups -OCH3 is 1. The van der Waals surface area contributed by atoms with Crippen LogP contribution in [0.15, 0.2) is 35.5 Å². The van der Waals surface area contributed by atoms with Gasteiger partial charge in [0.2, 0.25) is 0 Å². The predicted molar refractivity (Wildman–Crippen MR) is 76.5 cm³/mol. The molecule has 8 heteroatoms. The molecule has 0 fully saturated rings. The first kappa shape index (κ1) is 15.0. The minimum Gasteiger partial charge on any atom is -0.464 e. The first-order chi connectivity index (χ1) is 9.83. The average Bonchev–Trinajstić information content (AvgIpc) is 2.83. The number of aromatic nitrogens is 2. The molecule has 0 aliphatic carbocycles. The van der Waals surface area contributed by atoms with Crippen molar-refractivity contribution in [3.63, 3.8) is 0 Å². The van der Waals surface area contributed by atoms with Gasteiger partial charge in [-0.1, -0.05) is 6.07 Å². The van der Waals surface area contributed by atoms with E-state index >= 15 is 0 Å². The fourth-order valence-corrected chi connectivity index (χ4v) is 2.79. The lowest BCUT2D eigenvalue weighted by molar-refractivity contribution is 0.0590. The minimum atomic E-state index is -3.81. The number of nitrogens with one attached hydrogen (secondary N) is 1. The van der Waals surface area contributed by atoms with Crippen molar-refractivity contribution in [3.05, 3.63) is 41.9 Å². The van der Waals surface area contributed by atoms with Gasteiger partial charge < -0.3 is 9.30 Å². The van der Waals surface area contributed by atoms with E-state index in [1.54, 1.807) is 25.4 Å². The van der Waals surface area contributed by atoms with Crippen LogP contribution >= 0.6 is 0 Å². The van der Waals surface area contributed by atoms with Crippen LogP contribution in [-0.2, 0) is 21.8 Å². The van der Waals surface area contributed by atoms with E-state index < -0.39 is 16.0 Å². The van der Waals surface area contributed by atoms with E-state index in [9.17, 15) is 13.2 Å². The largest absolute Gasteiger partial charge is 0.464 e. The summed E-state index contributed by atoms with van der Waals surface area (Å²) in [5, 5.41) is 0. The fraction of sp³-hybridized carbons (Fsp3) is 0.231. The van der Waals surface area contributed by atoms with Gasteiger partial charge in [0.25, 0.3) is 10.0 Å². The van der Waals surface area contributed by atoms with Crippen molar-refractivity contribution in [1.82, 2.24) is 9.55 Å². The van der Waals surface area contributed by atoms with E-state index in [-0.39, 0.29) is 16.4 Å². The number of carbonyl (C=O) groups is 1. The number of aryl methyl sites for hydroxylation is 2. The van der Waals surface area contributed by atoms with Crippen LogP contribution in [0.25, 0.3) is 0 Å². The van der Waals surface area contributed by atoms with Crippen molar-refractivity contribution >= 4 is 21.8 Å². The van der Waals surface area contributed by atoms with Crippen LogP contribution in [0, 0.1) is 6.92 Å². The number of hydrogen-bond donors (Lipinski definition) is 1. The zero-order chi connectivity index (χ0) is 15.6. The van der Waals surface area contributed by atoms with E-state index in [0.29, 0.717) is 0 Å². The Morgan fingerprint density at radius 1 is 1.38 bits per heavy atom. The van der Waals surface area contributed by atoms with Gasteiger partial charge in [0.05, 0.1) is 7.11 Å². The summed E-state index contributed by atoms with van der Waals surface area (Å²) in [6, 6.07) is 4.56. The summed E-state index contributed by atoms with van der Waals surface area (Å²) < 4.78 is 32.8. The van der Waals surface area contributed by atoms with Crippen LogP contribution in [0.5, 0.6) is 0 Å². The van der Waals surface area contributed by atoms with Crippen LogP contribution in [-0.4, -0.2) is 31.0 Å². The molecule has 2 rings (SSSR count). The van der Waals surface area contributed by atoms with Crippen molar-refractivity contribution in [2.24, 2.45) is 7.05 Å². The van der Waals surface area contributed by atoms with E-state index in [0.717, 1.165) is 5.56 Å². The van der Waals surface area contributed by atoms with Crippen molar-refractivity contribution in [1.29, 1.82) is 0 Å². The number of ether oxygens (including phenoxy) is 1. The number of esters is 1. The maximum Gasteiger partial charge on any atom is 0.354 e. The normalized spacial score (nSPS) is 11.2. The Kier molecular flexibility index (Phi) is 3.99. The molecule has 7 nitrogen and oxygen atoms in total. The molecule has 0 aliphatic heterocycles. The van der Waals surface area contributed by atoms with Crippen molar-refractivity contribution in [3.8, 4) is 0 Å². The zero-order valence-electron chi connectivity index (χ0n) is 11.8. The molecule has 0 amide bonds. The summed E-state index contributed by atoms with van der Waals surface area (Å²) in [6.07, 6.45) is 2.89. The van der Waals surface area contributed by atoms with Crippen molar-refractivity contribution in [2.75, 3.05) is 11.8 Å². The number of anilines is 1. The molecule has 0 aliphatic rings. The third-order valence-corrected chi connectivity index (χ3v) is 4.16. The highest BCUT2D eigenvalue weighted by Crippen LogP contribution is 2.17. The molecule has 0 aromatic carbocycles. The summed E-state index contributed by atoms with van der Waals surface area (Å²) in [4.78, 5) is 15.4. The summed E-state index contributed by atoms with van der Waals surface area (Å²) in [7, 11) is -1.01. The molecule has 0 radical (unpaired) electrons. The van der Waals surface area contributed by atoms with Crippen LogP contribution in [0.3, 0.4) is 0 Å². The summed E-state index contributed by atoms with van der Waals surface area (Å²) in [5.41, 5.74) is 1.07. The lowest BCUT2D eigenvalue weighted by Gasteiger charge is -2.05. The van der Waals surface area contributed by atoms with Crippen molar-refractivity contribution in [2.45, 2.75) is 11.8 Å². The number of pyridine rings is 1. The van der Waals surface area contributed by atoms with Crippen molar-refractivity contribution < 1.29 is 17.9 Å². The quantitative estimate of drug-likeness (QED) is 0.860. The first-order valence-electron chi connectivity index (χ1n) is 6.03. The molecule has 2 aromatic rings. The number of nitrogens with zero attached hydrogens (tertiary/aromatic N) is 2. The fourth-order valence-electron chi connectivity index (χ4n) is 1.71. The second-order valence-electron chi connectivity index (χ2n) is 4.49. The predicted octanol–water partition coefficient (Wildman–Crippen LogP) is 1.32. The highest BCUT2D eigenvalue weighted by Gasteiger charge is 2.21. The molecule has 0 saturated heterocycles. The summed E-state index contributed by atoms with van der Waals surface area (Å²) >= 11 is 0.